The Morgan fingerprint density at radius 3 is 2.67 bits per heavy atom. The standard InChI is InChI=1S/C13H25NO/c1-3-5-8-12(4-2)14-11-13(15)9-6-7-10-13/h3,12,14-15H,1,4-11H2,2H3/t12-/m1/s1. The highest BCUT2D eigenvalue weighted by atomic mass is 16.3. The average Bonchev–Trinajstić information content (AvgIpc) is 2.66. The number of allylic oxidation sites excluding steroid dienone is 1. The van der Waals surface area contributed by atoms with E-state index in [-0.39, 0.29) is 0 Å². The van der Waals surface area contributed by atoms with E-state index in [0.29, 0.717) is 6.04 Å². The molecule has 0 radical (unpaired) electrons. The summed E-state index contributed by atoms with van der Waals surface area (Å²) in [5, 5.41) is 13.7. The van der Waals surface area contributed by atoms with E-state index in [1.165, 1.54) is 12.8 Å². The molecule has 0 unspecified atom stereocenters. The molecule has 0 spiro atoms. The van der Waals surface area contributed by atoms with Crippen LogP contribution in [0, 0.1) is 0 Å². The van der Waals surface area contributed by atoms with Gasteiger partial charge in [-0.15, -0.1) is 6.58 Å². The Labute approximate surface area is 93.8 Å². The molecule has 1 atom stereocenters. The molecule has 0 amide bonds. The minimum Gasteiger partial charge on any atom is -0.389 e. The van der Waals surface area contributed by atoms with Gasteiger partial charge in [-0.2, -0.15) is 0 Å². The van der Waals surface area contributed by atoms with Crippen molar-refractivity contribution in [2.24, 2.45) is 0 Å². The van der Waals surface area contributed by atoms with Crippen molar-refractivity contribution in [2.45, 2.75) is 63.5 Å². The van der Waals surface area contributed by atoms with E-state index in [9.17, 15) is 5.11 Å². The summed E-state index contributed by atoms with van der Waals surface area (Å²) in [5.41, 5.74) is -0.415. The van der Waals surface area contributed by atoms with Crippen LogP contribution < -0.4 is 5.32 Å². The molecule has 0 aromatic heterocycles. The first-order valence-corrected chi connectivity index (χ1v) is 6.27. The summed E-state index contributed by atoms with van der Waals surface area (Å²) in [6.45, 7) is 6.70. The normalized spacial score (nSPS) is 21.5. The molecule has 1 aliphatic rings. The lowest BCUT2D eigenvalue weighted by molar-refractivity contribution is 0.0444. The van der Waals surface area contributed by atoms with Crippen molar-refractivity contribution >= 4 is 0 Å². The molecule has 2 nitrogen and oxygen atoms in total. The molecule has 0 aliphatic heterocycles. The van der Waals surface area contributed by atoms with Crippen LogP contribution in [0.5, 0.6) is 0 Å². The molecule has 2 heteroatoms. The van der Waals surface area contributed by atoms with Gasteiger partial charge >= 0.3 is 0 Å². The van der Waals surface area contributed by atoms with Gasteiger partial charge < -0.3 is 10.4 Å². The van der Waals surface area contributed by atoms with E-state index in [1.54, 1.807) is 0 Å². The highest BCUT2D eigenvalue weighted by Crippen LogP contribution is 2.28. The van der Waals surface area contributed by atoms with E-state index in [1.807, 2.05) is 6.08 Å². The van der Waals surface area contributed by atoms with E-state index in [0.717, 1.165) is 38.6 Å². The number of hydrogen-bond acceptors (Lipinski definition) is 2. The highest BCUT2D eigenvalue weighted by molar-refractivity contribution is 4.87. The number of rotatable bonds is 7. The lowest BCUT2D eigenvalue weighted by atomic mass is 10.0. The van der Waals surface area contributed by atoms with Crippen molar-refractivity contribution in [2.75, 3.05) is 6.54 Å². The molecule has 15 heavy (non-hydrogen) atoms. The fraction of sp³-hybridized carbons (Fsp3) is 0.846. The molecule has 1 aliphatic carbocycles. The monoisotopic (exact) mass is 211 g/mol. The van der Waals surface area contributed by atoms with E-state index in [4.69, 9.17) is 0 Å². The van der Waals surface area contributed by atoms with Crippen molar-refractivity contribution < 1.29 is 5.11 Å². The molecule has 0 aromatic carbocycles. The molecule has 0 aromatic rings. The van der Waals surface area contributed by atoms with Gasteiger partial charge in [-0.05, 0) is 32.1 Å². The van der Waals surface area contributed by atoms with Crippen molar-refractivity contribution in [3.8, 4) is 0 Å². The van der Waals surface area contributed by atoms with E-state index in [2.05, 4.69) is 18.8 Å². The zero-order valence-corrected chi connectivity index (χ0v) is 9.97. The topological polar surface area (TPSA) is 32.3 Å². The molecule has 2 N–H and O–H groups in total. The maximum Gasteiger partial charge on any atom is 0.0771 e. The average molecular weight is 211 g/mol. The molecule has 1 saturated carbocycles. The molecule has 1 fully saturated rings. The molecule has 0 bridgehead atoms. The summed E-state index contributed by atoms with van der Waals surface area (Å²) in [7, 11) is 0. The first-order chi connectivity index (χ1) is 7.20. The second-order valence-electron chi connectivity index (χ2n) is 4.78. The largest absolute Gasteiger partial charge is 0.389 e. The van der Waals surface area contributed by atoms with Crippen LogP contribution in [-0.4, -0.2) is 23.3 Å². The SMILES string of the molecule is C=CCC[C@@H](CC)NCC1(O)CCCC1. The predicted molar refractivity (Wildman–Crippen MR) is 64.9 cm³/mol. The van der Waals surface area contributed by atoms with Gasteiger partial charge in [0.05, 0.1) is 5.60 Å². The maximum atomic E-state index is 10.2. The van der Waals surface area contributed by atoms with Crippen LogP contribution in [0.4, 0.5) is 0 Å². The molecule has 1 rings (SSSR count). The Morgan fingerprint density at radius 1 is 1.47 bits per heavy atom. The summed E-state index contributed by atoms with van der Waals surface area (Å²) in [4.78, 5) is 0. The summed E-state index contributed by atoms with van der Waals surface area (Å²) < 4.78 is 0. The van der Waals surface area contributed by atoms with Crippen LogP contribution in [0.25, 0.3) is 0 Å². The number of aliphatic hydroxyl groups is 1. The quantitative estimate of drug-likeness (QED) is 0.634. The maximum absolute atomic E-state index is 10.2. The van der Waals surface area contributed by atoms with Gasteiger partial charge in [-0.3, -0.25) is 0 Å². The zero-order valence-electron chi connectivity index (χ0n) is 9.97. The second-order valence-corrected chi connectivity index (χ2v) is 4.78. The minimum atomic E-state index is -0.415. The van der Waals surface area contributed by atoms with Gasteiger partial charge in [0.2, 0.25) is 0 Å². The summed E-state index contributed by atoms with van der Waals surface area (Å²) >= 11 is 0. The van der Waals surface area contributed by atoms with Crippen molar-refractivity contribution in [1.29, 1.82) is 0 Å². The minimum absolute atomic E-state index is 0.415. The fourth-order valence-corrected chi connectivity index (χ4v) is 2.31. The van der Waals surface area contributed by atoms with Crippen LogP contribution in [0.3, 0.4) is 0 Å². The Morgan fingerprint density at radius 2 is 2.13 bits per heavy atom. The lowest BCUT2D eigenvalue weighted by Gasteiger charge is -2.26. The predicted octanol–water partition coefficient (Wildman–Crippen LogP) is 2.63. The van der Waals surface area contributed by atoms with Gasteiger partial charge in [0.15, 0.2) is 0 Å². The van der Waals surface area contributed by atoms with Gasteiger partial charge in [-0.25, -0.2) is 0 Å². The van der Waals surface area contributed by atoms with Gasteiger partial charge in [-0.1, -0.05) is 25.8 Å². The van der Waals surface area contributed by atoms with Gasteiger partial charge in [0.1, 0.15) is 0 Å². The highest BCUT2D eigenvalue weighted by Gasteiger charge is 2.30. The molecular weight excluding hydrogens is 186 g/mol. The van der Waals surface area contributed by atoms with E-state index < -0.39 is 5.60 Å². The van der Waals surface area contributed by atoms with Crippen LogP contribution in [0.2, 0.25) is 0 Å². The first kappa shape index (κ1) is 12.7. The third-order valence-corrected chi connectivity index (χ3v) is 3.47. The summed E-state index contributed by atoms with van der Waals surface area (Å²) in [6, 6.07) is 0.535. The lowest BCUT2D eigenvalue weighted by Crippen LogP contribution is -2.42. The summed E-state index contributed by atoms with van der Waals surface area (Å²) in [5.74, 6) is 0. The third kappa shape index (κ3) is 4.35. The Hall–Kier alpha value is -0.340. The van der Waals surface area contributed by atoms with Crippen molar-refractivity contribution in [1.82, 2.24) is 5.32 Å². The smallest absolute Gasteiger partial charge is 0.0771 e. The van der Waals surface area contributed by atoms with Gasteiger partial charge in [0.25, 0.3) is 0 Å². The zero-order chi connectivity index (χ0) is 11.1. The molecule has 0 heterocycles. The van der Waals surface area contributed by atoms with Crippen LogP contribution in [0.15, 0.2) is 12.7 Å². The molecular formula is C13H25NO. The van der Waals surface area contributed by atoms with Crippen LogP contribution in [-0.2, 0) is 0 Å². The van der Waals surface area contributed by atoms with Crippen LogP contribution >= 0.6 is 0 Å². The molecule has 88 valence electrons. The molecule has 0 saturated heterocycles. The third-order valence-electron chi connectivity index (χ3n) is 3.47. The van der Waals surface area contributed by atoms with Gasteiger partial charge in [0, 0.05) is 12.6 Å². The Balaban J connectivity index is 2.23. The second kappa shape index (κ2) is 6.29. The number of nitrogens with one attached hydrogen (secondary N) is 1. The Bertz CT molecular complexity index is 185. The first-order valence-electron chi connectivity index (χ1n) is 6.27. The fourth-order valence-electron chi connectivity index (χ4n) is 2.31. The van der Waals surface area contributed by atoms with Crippen molar-refractivity contribution in [3.05, 3.63) is 12.7 Å². The Kier molecular flexibility index (Phi) is 5.34. The van der Waals surface area contributed by atoms with E-state index >= 15 is 0 Å². The van der Waals surface area contributed by atoms with Crippen LogP contribution in [0.1, 0.15) is 51.9 Å². The number of hydrogen-bond donors (Lipinski definition) is 2. The summed E-state index contributed by atoms with van der Waals surface area (Å²) in [6.07, 6.45) is 9.59. The van der Waals surface area contributed by atoms with Crippen molar-refractivity contribution in [3.63, 3.8) is 0 Å².